The van der Waals surface area contributed by atoms with E-state index in [1.165, 1.54) is 11.3 Å². The van der Waals surface area contributed by atoms with E-state index >= 15 is 0 Å². The number of unbranched alkanes of at least 4 members (excludes halogenated alkanes) is 2. The molecule has 3 amide bonds. The first-order chi connectivity index (χ1) is 15.0. The third kappa shape index (κ3) is 7.17. The number of aryl methyl sites for hydroxylation is 1. The molecule has 1 aliphatic rings. The molecule has 31 heavy (non-hydrogen) atoms. The lowest BCUT2D eigenvalue weighted by atomic mass is 10.1. The van der Waals surface area contributed by atoms with Gasteiger partial charge in [-0.15, -0.1) is 11.3 Å². The number of hydrogen-bond acceptors (Lipinski definition) is 5. The SMILES string of the molecule is CCCCCNC(=O)Cc1csc(NC(=O)CN(C(=O)c2ccc(C)cc2)C2CC2)n1. The Morgan fingerprint density at radius 1 is 1.13 bits per heavy atom. The summed E-state index contributed by atoms with van der Waals surface area (Å²) in [7, 11) is 0. The Labute approximate surface area is 187 Å². The summed E-state index contributed by atoms with van der Waals surface area (Å²) >= 11 is 1.28. The molecule has 3 rings (SSSR count). The van der Waals surface area contributed by atoms with Crippen molar-refractivity contribution in [1.82, 2.24) is 15.2 Å². The van der Waals surface area contributed by atoms with Crippen LogP contribution < -0.4 is 10.6 Å². The minimum absolute atomic E-state index is 0.00972. The smallest absolute Gasteiger partial charge is 0.254 e. The molecule has 1 aromatic carbocycles. The molecule has 166 valence electrons. The van der Waals surface area contributed by atoms with Gasteiger partial charge in [0.05, 0.1) is 12.1 Å². The average molecular weight is 443 g/mol. The summed E-state index contributed by atoms with van der Waals surface area (Å²) in [5, 5.41) is 7.87. The van der Waals surface area contributed by atoms with Gasteiger partial charge in [0, 0.05) is 23.5 Å². The summed E-state index contributed by atoms with van der Waals surface area (Å²) in [6.45, 7) is 4.75. The van der Waals surface area contributed by atoms with E-state index in [-0.39, 0.29) is 36.7 Å². The first-order valence-corrected chi connectivity index (χ1v) is 11.7. The Balaban J connectivity index is 1.51. The van der Waals surface area contributed by atoms with Crippen LogP contribution in [0.1, 0.15) is 60.6 Å². The number of amides is 3. The molecule has 0 unspecified atom stereocenters. The zero-order chi connectivity index (χ0) is 22.2. The van der Waals surface area contributed by atoms with Crippen LogP contribution >= 0.6 is 11.3 Å². The average Bonchev–Trinajstić information content (AvgIpc) is 3.50. The van der Waals surface area contributed by atoms with Crippen LogP contribution in [0.15, 0.2) is 29.6 Å². The standard InChI is InChI=1S/C23H30N4O3S/c1-3-4-5-12-24-20(28)13-18-15-31-23(25-18)26-21(29)14-27(19-10-11-19)22(30)17-8-6-16(2)7-9-17/h6-9,15,19H,3-5,10-14H2,1-2H3,(H,24,28)(H,25,26,29). The van der Waals surface area contributed by atoms with Crippen LogP contribution in [-0.2, 0) is 16.0 Å². The molecule has 7 nitrogen and oxygen atoms in total. The van der Waals surface area contributed by atoms with Crippen molar-refractivity contribution in [3.63, 3.8) is 0 Å². The van der Waals surface area contributed by atoms with Crippen molar-refractivity contribution in [3.05, 3.63) is 46.5 Å². The van der Waals surface area contributed by atoms with E-state index in [0.29, 0.717) is 22.9 Å². The van der Waals surface area contributed by atoms with E-state index in [9.17, 15) is 14.4 Å². The fraction of sp³-hybridized carbons (Fsp3) is 0.478. The Hall–Kier alpha value is -2.74. The van der Waals surface area contributed by atoms with Gasteiger partial charge in [0.1, 0.15) is 6.54 Å². The Morgan fingerprint density at radius 2 is 1.87 bits per heavy atom. The second kappa shape index (κ2) is 11.0. The minimum Gasteiger partial charge on any atom is -0.356 e. The maximum absolute atomic E-state index is 12.9. The number of aromatic nitrogens is 1. The molecule has 0 bridgehead atoms. The predicted molar refractivity (Wildman–Crippen MR) is 122 cm³/mol. The topological polar surface area (TPSA) is 91.4 Å². The number of nitrogens with zero attached hydrogens (tertiary/aromatic N) is 2. The molecule has 2 N–H and O–H groups in total. The van der Waals surface area contributed by atoms with Crippen molar-refractivity contribution >= 4 is 34.2 Å². The number of benzene rings is 1. The van der Waals surface area contributed by atoms with Crippen LogP contribution in [0.5, 0.6) is 0 Å². The van der Waals surface area contributed by atoms with Gasteiger partial charge in [-0.25, -0.2) is 4.98 Å². The highest BCUT2D eigenvalue weighted by molar-refractivity contribution is 7.13. The van der Waals surface area contributed by atoms with E-state index in [0.717, 1.165) is 37.7 Å². The van der Waals surface area contributed by atoms with Gasteiger partial charge in [-0.3, -0.25) is 14.4 Å². The van der Waals surface area contributed by atoms with Crippen LogP contribution in [0.25, 0.3) is 0 Å². The molecule has 1 saturated carbocycles. The first-order valence-electron chi connectivity index (χ1n) is 10.8. The summed E-state index contributed by atoms with van der Waals surface area (Å²) in [6, 6.07) is 7.50. The quantitative estimate of drug-likeness (QED) is 0.521. The van der Waals surface area contributed by atoms with E-state index in [1.807, 2.05) is 19.1 Å². The van der Waals surface area contributed by atoms with Crippen LogP contribution in [0, 0.1) is 6.92 Å². The second-order valence-electron chi connectivity index (χ2n) is 7.96. The summed E-state index contributed by atoms with van der Waals surface area (Å²) in [4.78, 5) is 43.4. The number of anilines is 1. The second-order valence-corrected chi connectivity index (χ2v) is 8.81. The Bertz CT molecular complexity index is 906. The third-order valence-corrected chi connectivity index (χ3v) is 5.91. The van der Waals surface area contributed by atoms with Gasteiger partial charge < -0.3 is 15.5 Å². The van der Waals surface area contributed by atoms with Gasteiger partial charge in [-0.2, -0.15) is 0 Å². The predicted octanol–water partition coefficient (Wildman–Crippen LogP) is 3.54. The maximum atomic E-state index is 12.9. The van der Waals surface area contributed by atoms with E-state index in [1.54, 1.807) is 22.4 Å². The highest BCUT2D eigenvalue weighted by atomic mass is 32.1. The van der Waals surface area contributed by atoms with E-state index < -0.39 is 0 Å². The molecule has 0 saturated heterocycles. The van der Waals surface area contributed by atoms with E-state index in [4.69, 9.17) is 0 Å². The van der Waals surface area contributed by atoms with Crippen LogP contribution in [0.4, 0.5) is 5.13 Å². The summed E-state index contributed by atoms with van der Waals surface area (Å²) in [5.74, 6) is -0.475. The van der Waals surface area contributed by atoms with Gasteiger partial charge in [0.25, 0.3) is 5.91 Å². The molecule has 1 aromatic heterocycles. The largest absolute Gasteiger partial charge is 0.356 e. The lowest BCUT2D eigenvalue weighted by molar-refractivity contribution is -0.120. The van der Waals surface area contributed by atoms with Gasteiger partial charge >= 0.3 is 0 Å². The number of hydrogen-bond donors (Lipinski definition) is 2. The summed E-state index contributed by atoms with van der Waals surface area (Å²) in [6.07, 6.45) is 5.20. The van der Waals surface area contributed by atoms with Crippen LogP contribution in [0.3, 0.4) is 0 Å². The van der Waals surface area contributed by atoms with Crippen molar-refractivity contribution < 1.29 is 14.4 Å². The fourth-order valence-corrected chi connectivity index (χ4v) is 3.93. The van der Waals surface area contributed by atoms with Crippen molar-refractivity contribution in [2.75, 3.05) is 18.4 Å². The highest BCUT2D eigenvalue weighted by Crippen LogP contribution is 2.28. The third-order valence-electron chi connectivity index (χ3n) is 5.10. The zero-order valence-electron chi connectivity index (χ0n) is 18.1. The maximum Gasteiger partial charge on any atom is 0.254 e. The number of carbonyl (C=O) groups is 3. The lowest BCUT2D eigenvalue weighted by Gasteiger charge is -2.21. The molecule has 2 aromatic rings. The monoisotopic (exact) mass is 442 g/mol. The number of thiazole rings is 1. The minimum atomic E-state index is -0.280. The fourth-order valence-electron chi connectivity index (χ4n) is 3.20. The highest BCUT2D eigenvalue weighted by Gasteiger charge is 2.34. The van der Waals surface area contributed by atoms with Crippen molar-refractivity contribution in [2.24, 2.45) is 0 Å². The molecule has 8 heteroatoms. The van der Waals surface area contributed by atoms with Gasteiger partial charge in [-0.05, 0) is 38.3 Å². The molecule has 0 spiro atoms. The van der Waals surface area contributed by atoms with Gasteiger partial charge in [0.15, 0.2) is 5.13 Å². The van der Waals surface area contributed by atoms with Crippen molar-refractivity contribution in [1.29, 1.82) is 0 Å². The van der Waals surface area contributed by atoms with Crippen LogP contribution in [0.2, 0.25) is 0 Å². The molecular weight excluding hydrogens is 412 g/mol. The molecule has 0 radical (unpaired) electrons. The van der Waals surface area contributed by atoms with Crippen LogP contribution in [-0.4, -0.2) is 46.7 Å². The van der Waals surface area contributed by atoms with Gasteiger partial charge in [0.2, 0.25) is 11.8 Å². The zero-order valence-corrected chi connectivity index (χ0v) is 19.0. The normalized spacial score (nSPS) is 13.0. The molecule has 1 fully saturated rings. The molecule has 0 atom stereocenters. The summed E-state index contributed by atoms with van der Waals surface area (Å²) < 4.78 is 0. The van der Waals surface area contributed by atoms with E-state index in [2.05, 4.69) is 22.5 Å². The molecule has 0 aliphatic heterocycles. The number of rotatable bonds is 11. The number of carbonyl (C=O) groups excluding carboxylic acids is 3. The Kier molecular flexibility index (Phi) is 8.17. The lowest BCUT2D eigenvalue weighted by Crippen LogP contribution is -2.39. The summed E-state index contributed by atoms with van der Waals surface area (Å²) in [5.41, 5.74) is 2.30. The van der Waals surface area contributed by atoms with Gasteiger partial charge in [-0.1, -0.05) is 37.5 Å². The van der Waals surface area contributed by atoms with Crippen molar-refractivity contribution in [2.45, 2.75) is 58.4 Å². The number of nitrogens with one attached hydrogen (secondary N) is 2. The first kappa shape index (κ1) is 22.9. The Morgan fingerprint density at radius 3 is 2.55 bits per heavy atom. The molecule has 1 aliphatic carbocycles. The molecular formula is C23H30N4O3S. The van der Waals surface area contributed by atoms with Crippen molar-refractivity contribution in [3.8, 4) is 0 Å². The molecule has 1 heterocycles.